The largest absolute Gasteiger partial charge is 0.497 e. The summed E-state index contributed by atoms with van der Waals surface area (Å²) in [5.41, 5.74) is 7.50. The number of ether oxygens (including phenoxy) is 1. The number of rotatable bonds is 6. The van der Waals surface area contributed by atoms with E-state index < -0.39 is 0 Å². The Kier molecular flexibility index (Phi) is 5.44. The molecular formula is C17H28N2O. The van der Waals surface area contributed by atoms with Crippen LogP contribution >= 0.6 is 0 Å². The Morgan fingerprint density at radius 1 is 1.35 bits per heavy atom. The smallest absolute Gasteiger partial charge is 0.119 e. The molecule has 1 fully saturated rings. The molecule has 0 spiro atoms. The van der Waals surface area contributed by atoms with E-state index in [1.165, 1.54) is 31.2 Å². The average molecular weight is 276 g/mol. The standard InChI is InChI=1S/C17H28N2O/c1-13(18)17(15-9-6-10-16(11-15)20-3)19(2)12-14-7-4-5-8-14/h6,9-11,13-14,17H,4-5,7-8,12,18H2,1-3H3. The van der Waals surface area contributed by atoms with Crippen LogP contribution in [0.25, 0.3) is 0 Å². The second-order valence-corrected chi connectivity index (χ2v) is 6.17. The molecule has 1 aliphatic rings. The van der Waals surface area contributed by atoms with Crippen molar-refractivity contribution in [3.05, 3.63) is 29.8 Å². The molecule has 0 aromatic heterocycles. The Morgan fingerprint density at radius 2 is 2.05 bits per heavy atom. The molecule has 0 bridgehead atoms. The van der Waals surface area contributed by atoms with Crippen LogP contribution < -0.4 is 10.5 Å². The van der Waals surface area contributed by atoms with Crippen LogP contribution in [0.4, 0.5) is 0 Å². The van der Waals surface area contributed by atoms with Crippen molar-refractivity contribution >= 4 is 0 Å². The SMILES string of the molecule is COc1cccc(C(C(C)N)N(C)CC2CCCC2)c1. The van der Waals surface area contributed by atoms with Gasteiger partial charge in [0.05, 0.1) is 7.11 Å². The molecular weight excluding hydrogens is 248 g/mol. The Morgan fingerprint density at radius 3 is 2.65 bits per heavy atom. The van der Waals surface area contributed by atoms with Crippen LogP contribution in [0.2, 0.25) is 0 Å². The molecule has 1 saturated carbocycles. The number of hydrogen-bond donors (Lipinski definition) is 1. The van der Waals surface area contributed by atoms with E-state index in [4.69, 9.17) is 10.5 Å². The van der Waals surface area contributed by atoms with Gasteiger partial charge in [-0.3, -0.25) is 4.90 Å². The fraction of sp³-hybridized carbons (Fsp3) is 0.647. The molecule has 2 unspecified atom stereocenters. The van der Waals surface area contributed by atoms with Crippen LogP contribution in [0, 0.1) is 5.92 Å². The molecule has 2 rings (SSSR count). The maximum absolute atomic E-state index is 6.25. The lowest BCUT2D eigenvalue weighted by atomic mass is 9.97. The molecule has 0 radical (unpaired) electrons. The lowest BCUT2D eigenvalue weighted by Crippen LogP contribution is -2.39. The maximum Gasteiger partial charge on any atom is 0.119 e. The minimum Gasteiger partial charge on any atom is -0.497 e. The first-order chi connectivity index (χ1) is 9.61. The van der Waals surface area contributed by atoms with Gasteiger partial charge in [-0.05, 0) is 50.4 Å². The predicted molar refractivity (Wildman–Crippen MR) is 84.0 cm³/mol. The van der Waals surface area contributed by atoms with Crippen molar-refractivity contribution in [2.75, 3.05) is 20.7 Å². The van der Waals surface area contributed by atoms with Gasteiger partial charge in [0, 0.05) is 18.6 Å². The molecule has 0 saturated heterocycles. The lowest BCUT2D eigenvalue weighted by Gasteiger charge is -2.33. The number of likely N-dealkylation sites (N-methyl/N-ethyl adjacent to an activating group) is 1. The highest BCUT2D eigenvalue weighted by atomic mass is 16.5. The minimum atomic E-state index is 0.105. The van der Waals surface area contributed by atoms with Crippen LogP contribution in [0.15, 0.2) is 24.3 Å². The van der Waals surface area contributed by atoms with Gasteiger partial charge in [-0.2, -0.15) is 0 Å². The van der Waals surface area contributed by atoms with Gasteiger partial charge in [0.15, 0.2) is 0 Å². The summed E-state index contributed by atoms with van der Waals surface area (Å²) in [6.45, 7) is 3.23. The number of methoxy groups -OCH3 is 1. The van der Waals surface area contributed by atoms with Gasteiger partial charge in [-0.25, -0.2) is 0 Å². The van der Waals surface area contributed by atoms with Crippen LogP contribution in [0.3, 0.4) is 0 Å². The number of hydrogen-bond acceptors (Lipinski definition) is 3. The van der Waals surface area contributed by atoms with Crippen molar-refractivity contribution in [3.63, 3.8) is 0 Å². The third-order valence-electron chi connectivity index (χ3n) is 4.43. The molecule has 2 N–H and O–H groups in total. The normalized spacial score (nSPS) is 19.2. The molecule has 0 amide bonds. The third kappa shape index (κ3) is 3.74. The van der Waals surface area contributed by atoms with E-state index >= 15 is 0 Å². The van der Waals surface area contributed by atoms with E-state index in [-0.39, 0.29) is 12.1 Å². The van der Waals surface area contributed by atoms with Gasteiger partial charge in [0.1, 0.15) is 5.75 Å². The number of nitrogens with zero attached hydrogens (tertiary/aromatic N) is 1. The van der Waals surface area contributed by atoms with Crippen molar-refractivity contribution < 1.29 is 4.74 Å². The van der Waals surface area contributed by atoms with E-state index in [0.29, 0.717) is 0 Å². The quantitative estimate of drug-likeness (QED) is 0.867. The molecule has 0 aliphatic heterocycles. The van der Waals surface area contributed by atoms with Gasteiger partial charge in [-0.1, -0.05) is 25.0 Å². The topological polar surface area (TPSA) is 38.5 Å². The zero-order valence-corrected chi connectivity index (χ0v) is 13.0. The summed E-state index contributed by atoms with van der Waals surface area (Å²) in [5.74, 6) is 1.74. The summed E-state index contributed by atoms with van der Waals surface area (Å²) in [6, 6.07) is 8.66. The van der Waals surface area contributed by atoms with Crippen molar-refractivity contribution in [2.45, 2.75) is 44.7 Å². The Balaban J connectivity index is 2.12. The monoisotopic (exact) mass is 276 g/mol. The van der Waals surface area contributed by atoms with E-state index in [9.17, 15) is 0 Å². The first-order valence-corrected chi connectivity index (χ1v) is 7.71. The summed E-state index contributed by atoms with van der Waals surface area (Å²) < 4.78 is 5.34. The summed E-state index contributed by atoms with van der Waals surface area (Å²) in [6.07, 6.45) is 5.52. The molecule has 1 aliphatic carbocycles. The fourth-order valence-electron chi connectivity index (χ4n) is 3.50. The second kappa shape index (κ2) is 7.09. The minimum absolute atomic E-state index is 0.105. The first kappa shape index (κ1) is 15.3. The fourth-order valence-corrected chi connectivity index (χ4v) is 3.50. The van der Waals surface area contributed by atoms with Gasteiger partial charge in [0.2, 0.25) is 0 Å². The summed E-state index contributed by atoms with van der Waals surface area (Å²) in [7, 11) is 3.91. The van der Waals surface area contributed by atoms with Crippen molar-refractivity contribution in [1.29, 1.82) is 0 Å². The first-order valence-electron chi connectivity index (χ1n) is 7.71. The molecule has 112 valence electrons. The Labute approximate surface area is 123 Å². The summed E-state index contributed by atoms with van der Waals surface area (Å²) in [4.78, 5) is 2.43. The van der Waals surface area contributed by atoms with Crippen molar-refractivity contribution in [1.82, 2.24) is 4.90 Å². The van der Waals surface area contributed by atoms with E-state index in [0.717, 1.165) is 18.2 Å². The molecule has 3 heteroatoms. The van der Waals surface area contributed by atoms with E-state index in [2.05, 4.69) is 31.0 Å². The Hall–Kier alpha value is -1.06. The van der Waals surface area contributed by atoms with Gasteiger partial charge in [-0.15, -0.1) is 0 Å². The third-order valence-corrected chi connectivity index (χ3v) is 4.43. The van der Waals surface area contributed by atoms with Gasteiger partial charge < -0.3 is 10.5 Å². The molecule has 0 heterocycles. The molecule has 1 aromatic carbocycles. The zero-order chi connectivity index (χ0) is 14.5. The lowest BCUT2D eigenvalue weighted by molar-refractivity contribution is 0.187. The molecule has 2 atom stereocenters. The number of benzene rings is 1. The maximum atomic E-state index is 6.25. The predicted octanol–water partition coefficient (Wildman–Crippen LogP) is 3.21. The second-order valence-electron chi connectivity index (χ2n) is 6.17. The van der Waals surface area contributed by atoms with E-state index in [1.54, 1.807) is 7.11 Å². The summed E-state index contributed by atoms with van der Waals surface area (Å²) in [5, 5.41) is 0. The van der Waals surface area contributed by atoms with Crippen molar-refractivity contribution in [2.24, 2.45) is 11.7 Å². The van der Waals surface area contributed by atoms with Crippen LogP contribution in [-0.2, 0) is 0 Å². The molecule has 1 aromatic rings. The van der Waals surface area contributed by atoms with Crippen LogP contribution in [0.1, 0.15) is 44.2 Å². The highest BCUT2D eigenvalue weighted by Gasteiger charge is 2.25. The van der Waals surface area contributed by atoms with Gasteiger partial charge in [0.25, 0.3) is 0 Å². The average Bonchev–Trinajstić information content (AvgIpc) is 2.91. The highest BCUT2D eigenvalue weighted by Crippen LogP contribution is 2.30. The highest BCUT2D eigenvalue weighted by molar-refractivity contribution is 5.31. The van der Waals surface area contributed by atoms with Crippen LogP contribution in [-0.4, -0.2) is 31.6 Å². The van der Waals surface area contributed by atoms with Gasteiger partial charge >= 0.3 is 0 Å². The summed E-state index contributed by atoms with van der Waals surface area (Å²) >= 11 is 0. The molecule has 3 nitrogen and oxygen atoms in total. The van der Waals surface area contributed by atoms with Crippen LogP contribution in [0.5, 0.6) is 5.75 Å². The molecule has 20 heavy (non-hydrogen) atoms. The number of nitrogens with two attached hydrogens (primary N) is 1. The zero-order valence-electron chi connectivity index (χ0n) is 13.0. The van der Waals surface area contributed by atoms with Crippen molar-refractivity contribution in [3.8, 4) is 5.75 Å². The Bertz CT molecular complexity index is 413. The van der Waals surface area contributed by atoms with E-state index in [1.807, 2.05) is 12.1 Å².